The minimum absolute atomic E-state index is 0.0346. The summed E-state index contributed by atoms with van der Waals surface area (Å²) in [5.41, 5.74) is 5.23. The van der Waals surface area contributed by atoms with E-state index in [-0.39, 0.29) is 31.1 Å². The normalized spacial score (nSPS) is 14.0. The van der Waals surface area contributed by atoms with Crippen molar-refractivity contribution in [3.05, 3.63) is 95.1 Å². The minimum atomic E-state index is -1.21. The standard InChI is InChI=1S/C27H27NO6/c1-33-26(31)18-8-6-7-17(15-18)25(30)24(29)13-14-28-27(32)34-16-23-21-11-4-2-9-19(21)20-10-3-5-12-22(20)23/h2-12,15,23-25,29-30H,13-14,16H2,1H3,(H,28,32). The molecule has 0 bridgehead atoms. The first-order chi connectivity index (χ1) is 16.5. The molecule has 3 N–H and O–H groups in total. The molecule has 176 valence electrons. The molecular weight excluding hydrogens is 434 g/mol. The van der Waals surface area contributed by atoms with E-state index in [0.29, 0.717) is 5.56 Å². The van der Waals surface area contributed by atoms with Crippen LogP contribution in [0.2, 0.25) is 0 Å². The molecule has 1 aliphatic rings. The number of nitrogens with one attached hydrogen (secondary N) is 1. The van der Waals surface area contributed by atoms with Gasteiger partial charge in [0.1, 0.15) is 12.7 Å². The van der Waals surface area contributed by atoms with Gasteiger partial charge in [-0.15, -0.1) is 0 Å². The fourth-order valence-electron chi connectivity index (χ4n) is 4.32. The Balaban J connectivity index is 1.28. The highest BCUT2D eigenvalue weighted by Crippen LogP contribution is 2.44. The minimum Gasteiger partial charge on any atom is -0.465 e. The fraction of sp³-hybridized carbons (Fsp3) is 0.259. The van der Waals surface area contributed by atoms with E-state index < -0.39 is 24.3 Å². The Morgan fingerprint density at radius 2 is 1.59 bits per heavy atom. The zero-order valence-electron chi connectivity index (χ0n) is 18.8. The predicted molar refractivity (Wildman–Crippen MR) is 126 cm³/mol. The van der Waals surface area contributed by atoms with E-state index in [4.69, 9.17) is 4.74 Å². The van der Waals surface area contributed by atoms with E-state index in [0.717, 1.165) is 22.3 Å². The molecule has 0 spiro atoms. The zero-order valence-corrected chi connectivity index (χ0v) is 18.8. The van der Waals surface area contributed by atoms with E-state index in [1.165, 1.54) is 13.2 Å². The lowest BCUT2D eigenvalue weighted by molar-refractivity contribution is 0.0135. The molecule has 7 nitrogen and oxygen atoms in total. The third-order valence-corrected chi connectivity index (χ3v) is 6.07. The number of aliphatic hydroxyl groups excluding tert-OH is 2. The van der Waals surface area contributed by atoms with Crippen LogP contribution < -0.4 is 5.32 Å². The number of rotatable bonds is 8. The van der Waals surface area contributed by atoms with Crippen LogP contribution in [0.5, 0.6) is 0 Å². The number of ether oxygens (including phenoxy) is 2. The molecule has 34 heavy (non-hydrogen) atoms. The summed E-state index contributed by atoms with van der Waals surface area (Å²) in [5.74, 6) is -0.562. The summed E-state index contributed by atoms with van der Waals surface area (Å²) < 4.78 is 10.2. The Bertz CT molecular complexity index is 1130. The maximum Gasteiger partial charge on any atom is 0.407 e. The van der Waals surface area contributed by atoms with Crippen molar-refractivity contribution < 1.29 is 29.3 Å². The number of amides is 1. The lowest BCUT2D eigenvalue weighted by atomic mass is 9.98. The van der Waals surface area contributed by atoms with Crippen LogP contribution in [0.4, 0.5) is 4.79 Å². The first-order valence-corrected chi connectivity index (χ1v) is 11.1. The molecule has 0 saturated heterocycles. The first kappa shape index (κ1) is 23.5. The molecule has 0 aromatic heterocycles. The van der Waals surface area contributed by atoms with Gasteiger partial charge < -0.3 is 25.0 Å². The molecule has 3 aromatic rings. The van der Waals surface area contributed by atoms with Crippen molar-refractivity contribution in [2.75, 3.05) is 20.3 Å². The maximum atomic E-state index is 12.3. The molecule has 3 aromatic carbocycles. The second-order valence-corrected chi connectivity index (χ2v) is 8.17. The van der Waals surface area contributed by atoms with Crippen molar-refractivity contribution in [3.8, 4) is 11.1 Å². The molecule has 2 atom stereocenters. The maximum absolute atomic E-state index is 12.3. The number of hydrogen-bond acceptors (Lipinski definition) is 6. The Morgan fingerprint density at radius 3 is 2.24 bits per heavy atom. The van der Waals surface area contributed by atoms with Crippen molar-refractivity contribution in [1.82, 2.24) is 5.32 Å². The molecule has 1 aliphatic carbocycles. The molecule has 0 fully saturated rings. The number of methoxy groups -OCH3 is 1. The summed E-state index contributed by atoms with van der Waals surface area (Å²) in [6, 6.07) is 22.4. The highest BCUT2D eigenvalue weighted by molar-refractivity contribution is 5.89. The van der Waals surface area contributed by atoms with Crippen molar-refractivity contribution in [3.63, 3.8) is 0 Å². The SMILES string of the molecule is COC(=O)c1cccc(C(O)C(O)CCNC(=O)OCC2c3ccccc3-c3ccccc32)c1. The van der Waals surface area contributed by atoms with Crippen LogP contribution in [0.3, 0.4) is 0 Å². The summed E-state index contributed by atoms with van der Waals surface area (Å²) in [6.45, 7) is 0.316. The molecular formula is C27H27NO6. The summed E-state index contributed by atoms with van der Waals surface area (Å²) in [5, 5.41) is 23.4. The molecule has 7 heteroatoms. The molecule has 4 rings (SSSR count). The Kier molecular flexibility index (Phi) is 7.25. The van der Waals surface area contributed by atoms with Crippen molar-refractivity contribution in [2.24, 2.45) is 0 Å². The van der Waals surface area contributed by atoms with E-state index >= 15 is 0 Å². The van der Waals surface area contributed by atoms with Gasteiger partial charge in [0.25, 0.3) is 0 Å². The van der Waals surface area contributed by atoms with Crippen LogP contribution in [0.1, 0.15) is 45.5 Å². The van der Waals surface area contributed by atoms with Crippen molar-refractivity contribution in [2.45, 2.75) is 24.5 Å². The van der Waals surface area contributed by atoms with Gasteiger partial charge in [0.15, 0.2) is 0 Å². The summed E-state index contributed by atoms with van der Waals surface area (Å²) in [4.78, 5) is 23.9. The molecule has 0 heterocycles. The smallest absolute Gasteiger partial charge is 0.407 e. The number of carbonyl (C=O) groups excluding carboxylic acids is 2. The van der Waals surface area contributed by atoms with Crippen LogP contribution in [-0.2, 0) is 9.47 Å². The van der Waals surface area contributed by atoms with E-state index in [1.54, 1.807) is 18.2 Å². The van der Waals surface area contributed by atoms with Crippen LogP contribution in [-0.4, -0.2) is 48.6 Å². The number of fused-ring (bicyclic) bond motifs is 3. The summed E-state index contributed by atoms with van der Waals surface area (Å²) in [7, 11) is 1.27. The van der Waals surface area contributed by atoms with Crippen LogP contribution in [0.25, 0.3) is 11.1 Å². The predicted octanol–water partition coefficient (Wildman–Crippen LogP) is 3.80. The van der Waals surface area contributed by atoms with Gasteiger partial charge in [-0.25, -0.2) is 9.59 Å². The number of carbonyl (C=O) groups is 2. The van der Waals surface area contributed by atoms with Gasteiger partial charge in [0.2, 0.25) is 0 Å². The highest BCUT2D eigenvalue weighted by atomic mass is 16.5. The number of alkyl carbamates (subject to hydrolysis) is 1. The second-order valence-electron chi connectivity index (χ2n) is 8.17. The van der Waals surface area contributed by atoms with Gasteiger partial charge in [-0.3, -0.25) is 0 Å². The Labute approximate surface area is 198 Å². The van der Waals surface area contributed by atoms with Gasteiger partial charge in [-0.2, -0.15) is 0 Å². The number of benzene rings is 3. The molecule has 0 aliphatic heterocycles. The zero-order chi connectivity index (χ0) is 24.1. The lowest BCUT2D eigenvalue weighted by Gasteiger charge is -2.19. The van der Waals surface area contributed by atoms with Gasteiger partial charge >= 0.3 is 12.1 Å². The van der Waals surface area contributed by atoms with E-state index in [1.807, 2.05) is 36.4 Å². The number of aliphatic hydroxyl groups is 2. The molecule has 2 unspecified atom stereocenters. The Morgan fingerprint density at radius 1 is 0.941 bits per heavy atom. The quantitative estimate of drug-likeness (QED) is 0.441. The number of hydrogen-bond donors (Lipinski definition) is 3. The van der Waals surface area contributed by atoms with E-state index in [9.17, 15) is 19.8 Å². The molecule has 0 radical (unpaired) electrons. The third-order valence-electron chi connectivity index (χ3n) is 6.07. The van der Waals surface area contributed by atoms with E-state index in [2.05, 4.69) is 22.2 Å². The van der Waals surface area contributed by atoms with Gasteiger partial charge in [0.05, 0.1) is 18.8 Å². The third kappa shape index (κ3) is 4.95. The van der Waals surface area contributed by atoms with Crippen LogP contribution in [0.15, 0.2) is 72.8 Å². The van der Waals surface area contributed by atoms with Crippen molar-refractivity contribution >= 4 is 12.1 Å². The second kappa shape index (κ2) is 10.5. The average Bonchev–Trinajstić information content (AvgIpc) is 3.20. The number of esters is 1. The van der Waals surface area contributed by atoms with Gasteiger partial charge in [0, 0.05) is 12.5 Å². The van der Waals surface area contributed by atoms with Crippen molar-refractivity contribution in [1.29, 1.82) is 0 Å². The molecule has 1 amide bonds. The van der Waals surface area contributed by atoms with Crippen LogP contribution >= 0.6 is 0 Å². The fourth-order valence-corrected chi connectivity index (χ4v) is 4.32. The van der Waals surface area contributed by atoms with Gasteiger partial charge in [-0.05, 0) is 46.4 Å². The topological polar surface area (TPSA) is 105 Å². The monoisotopic (exact) mass is 461 g/mol. The lowest BCUT2D eigenvalue weighted by Crippen LogP contribution is -2.30. The summed E-state index contributed by atoms with van der Waals surface area (Å²) >= 11 is 0. The first-order valence-electron chi connectivity index (χ1n) is 11.1. The average molecular weight is 462 g/mol. The highest BCUT2D eigenvalue weighted by Gasteiger charge is 2.29. The van der Waals surface area contributed by atoms with Crippen LogP contribution in [0, 0.1) is 0 Å². The summed E-state index contributed by atoms with van der Waals surface area (Å²) in [6.07, 6.45) is -2.83. The van der Waals surface area contributed by atoms with Gasteiger partial charge in [-0.1, -0.05) is 60.7 Å². The largest absolute Gasteiger partial charge is 0.465 e. The molecule has 0 saturated carbocycles. The Hall–Kier alpha value is -3.68.